The van der Waals surface area contributed by atoms with Crippen molar-refractivity contribution in [1.82, 2.24) is 0 Å². The fourth-order valence-corrected chi connectivity index (χ4v) is 1.91. The van der Waals surface area contributed by atoms with Crippen molar-refractivity contribution in [2.45, 2.75) is 32.9 Å². The van der Waals surface area contributed by atoms with Gasteiger partial charge in [0, 0.05) is 31.5 Å². The molecule has 1 N–H and O–H groups in total. The molecule has 0 fully saturated rings. The summed E-state index contributed by atoms with van der Waals surface area (Å²) in [7, 11) is 3.57. The van der Waals surface area contributed by atoms with Crippen LogP contribution < -0.4 is 4.90 Å². The molecule has 18 heavy (non-hydrogen) atoms. The first-order chi connectivity index (χ1) is 8.38. The van der Waals surface area contributed by atoms with Crippen LogP contribution in [0.5, 0.6) is 0 Å². The van der Waals surface area contributed by atoms with Crippen LogP contribution in [0.25, 0.3) is 0 Å². The standard InChI is InChI=1S/C14H22FNO2/c1-9-6-14(16(4)10(2)8-18-5)12(11(3)17)7-13(9)15/h6-7,10-11,17H,8H2,1-5H3. The van der Waals surface area contributed by atoms with Gasteiger partial charge in [-0.1, -0.05) is 0 Å². The largest absolute Gasteiger partial charge is 0.389 e. The highest BCUT2D eigenvalue weighted by Gasteiger charge is 2.18. The van der Waals surface area contributed by atoms with Gasteiger partial charge in [-0.15, -0.1) is 0 Å². The lowest BCUT2D eigenvalue weighted by Crippen LogP contribution is -2.33. The van der Waals surface area contributed by atoms with Gasteiger partial charge in [0.15, 0.2) is 0 Å². The fraction of sp³-hybridized carbons (Fsp3) is 0.571. The third-order valence-corrected chi connectivity index (χ3v) is 3.21. The molecule has 0 saturated carbocycles. The number of aliphatic hydroxyl groups excluding tert-OH is 1. The van der Waals surface area contributed by atoms with E-state index in [-0.39, 0.29) is 11.9 Å². The molecule has 0 saturated heterocycles. The topological polar surface area (TPSA) is 32.7 Å². The zero-order valence-electron chi connectivity index (χ0n) is 11.7. The molecule has 1 rings (SSSR count). The van der Waals surface area contributed by atoms with E-state index in [9.17, 15) is 9.50 Å². The molecule has 0 bridgehead atoms. The second-order valence-corrected chi connectivity index (χ2v) is 4.75. The van der Waals surface area contributed by atoms with E-state index in [0.717, 1.165) is 5.69 Å². The number of aliphatic hydroxyl groups is 1. The van der Waals surface area contributed by atoms with Crippen molar-refractivity contribution < 1.29 is 14.2 Å². The number of methoxy groups -OCH3 is 1. The first-order valence-corrected chi connectivity index (χ1v) is 6.08. The predicted octanol–water partition coefficient (Wildman–Crippen LogP) is 2.66. The number of nitrogens with zero attached hydrogens (tertiary/aromatic N) is 1. The lowest BCUT2D eigenvalue weighted by molar-refractivity contribution is 0.182. The minimum Gasteiger partial charge on any atom is -0.389 e. The summed E-state index contributed by atoms with van der Waals surface area (Å²) < 4.78 is 18.7. The van der Waals surface area contributed by atoms with Crippen LogP contribution >= 0.6 is 0 Å². The van der Waals surface area contributed by atoms with Gasteiger partial charge in [0.1, 0.15) is 5.82 Å². The van der Waals surface area contributed by atoms with Gasteiger partial charge in [0.25, 0.3) is 0 Å². The Morgan fingerprint density at radius 2 is 2.00 bits per heavy atom. The quantitative estimate of drug-likeness (QED) is 0.878. The molecule has 0 spiro atoms. The summed E-state index contributed by atoms with van der Waals surface area (Å²) in [6, 6.07) is 3.33. The minimum absolute atomic E-state index is 0.150. The van der Waals surface area contributed by atoms with E-state index in [4.69, 9.17) is 4.74 Å². The molecule has 0 aromatic heterocycles. The van der Waals surface area contributed by atoms with Crippen LogP contribution in [0, 0.1) is 12.7 Å². The number of hydrogen-bond donors (Lipinski definition) is 1. The van der Waals surface area contributed by atoms with Crippen LogP contribution in [0.3, 0.4) is 0 Å². The molecule has 0 aliphatic rings. The summed E-state index contributed by atoms with van der Waals surface area (Å²) in [6.45, 7) is 5.96. The van der Waals surface area contributed by atoms with Gasteiger partial charge < -0.3 is 14.7 Å². The number of hydrogen-bond acceptors (Lipinski definition) is 3. The second kappa shape index (κ2) is 6.16. The van der Waals surface area contributed by atoms with Crippen LogP contribution in [0.1, 0.15) is 31.1 Å². The number of rotatable bonds is 5. The highest BCUT2D eigenvalue weighted by molar-refractivity contribution is 5.56. The van der Waals surface area contributed by atoms with E-state index >= 15 is 0 Å². The average molecular weight is 255 g/mol. The van der Waals surface area contributed by atoms with Crippen molar-refractivity contribution in [3.8, 4) is 0 Å². The lowest BCUT2D eigenvalue weighted by Gasteiger charge is -2.29. The summed E-state index contributed by atoms with van der Waals surface area (Å²) in [6.07, 6.45) is -0.702. The van der Waals surface area contributed by atoms with Crippen molar-refractivity contribution in [3.05, 3.63) is 29.1 Å². The van der Waals surface area contributed by atoms with E-state index < -0.39 is 6.10 Å². The van der Waals surface area contributed by atoms with Crippen LogP contribution in [0.15, 0.2) is 12.1 Å². The summed E-state index contributed by atoms with van der Waals surface area (Å²) in [5.74, 6) is -0.289. The zero-order chi connectivity index (χ0) is 13.9. The number of anilines is 1. The Morgan fingerprint density at radius 1 is 1.39 bits per heavy atom. The van der Waals surface area contributed by atoms with Crippen molar-refractivity contribution in [2.75, 3.05) is 25.7 Å². The Morgan fingerprint density at radius 3 is 2.50 bits per heavy atom. The number of ether oxygens (including phenoxy) is 1. The maximum atomic E-state index is 13.6. The minimum atomic E-state index is -0.702. The van der Waals surface area contributed by atoms with E-state index in [0.29, 0.717) is 17.7 Å². The van der Waals surface area contributed by atoms with E-state index in [1.54, 1.807) is 27.0 Å². The van der Waals surface area contributed by atoms with E-state index in [1.807, 2.05) is 18.9 Å². The molecule has 0 radical (unpaired) electrons. The SMILES string of the molecule is COCC(C)N(C)c1cc(C)c(F)cc1C(C)O. The summed E-state index contributed by atoms with van der Waals surface area (Å²) in [5.41, 5.74) is 2.02. The van der Waals surface area contributed by atoms with Crippen molar-refractivity contribution in [1.29, 1.82) is 0 Å². The molecular formula is C14H22FNO2. The number of benzene rings is 1. The maximum Gasteiger partial charge on any atom is 0.126 e. The van der Waals surface area contributed by atoms with Gasteiger partial charge in [0.2, 0.25) is 0 Å². The van der Waals surface area contributed by atoms with E-state index in [1.165, 1.54) is 6.07 Å². The number of likely N-dealkylation sites (N-methyl/N-ethyl adjacent to an activating group) is 1. The predicted molar refractivity (Wildman–Crippen MR) is 71.5 cm³/mol. The van der Waals surface area contributed by atoms with Crippen LogP contribution in [-0.2, 0) is 4.74 Å². The Labute approximate surface area is 108 Å². The first-order valence-electron chi connectivity index (χ1n) is 6.08. The Balaban J connectivity index is 3.17. The average Bonchev–Trinajstić information content (AvgIpc) is 2.31. The smallest absolute Gasteiger partial charge is 0.126 e. The number of halogens is 1. The molecular weight excluding hydrogens is 233 g/mol. The molecule has 102 valence electrons. The molecule has 4 heteroatoms. The van der Waals surface area contributed by atoms with Gasteiger partial charge in [-0.3, -0.25) is 0 Å². The number of aryl methyl sites for hydroxylation is 1. The molecule has 0 heterocycles. The van der Waals surface area contributed by atoms with Crippen molar-refractivity contribution in [2.24, 2.45) is 0 Å². The molecule has 0 aliphatic heterocycles. The molecule has 0 amide bonds. The highest BCUT2D eigenvalue weighted by Crippen LogP contribution is 2.29. The Bertz CT molecular complexity index is 407. The molecule has 3 nitrogen and oxygen atoms in total. The van der Waals surface area contributed by atoms with Gasteiger partial charge in [0.05, 0.1) is 12.7 Å². The van der Waals surface area contributed by atoms with E-state index in [2.05, 4.69) is 0 Å². The molecule has 0 aliphatic carbocycles. The summed E-state index contributed by atoms with van der Waals surface area (Å²) in [4.78, 5) is 2.00. The van der Waals surface area contributed by atoms with Crippen LogP contribution in [0.4, 0.5) is 10.1 Å². The summed E-state index contributed by atoms with van der Waals surface area (Å²) in [5, 5.41) is 9.76. The third-order valence-electron chi connectivity index (χ3n) is 3.21. The fourth-order valence-electron chi connectivity index (χ4n) is 1.91. The Kier molecular flexibility index (Phi) is 5.11. The second-order valence-electron chi connectivity index (χ2n) is 4.75. The maximum absolute atomic E-state index is 13.6. The van der Waals surface area contributed by atoms with Crippen molar-refractivity contribution in [3.63, 3.8) is 0 Å². The monoisotopic (exact) mass is 255 g/mol. The third kappa shape index (κ3) is 3.21. The van der Waals surface area contributed by atoms with Crippen molar-refractivity contribution >= 4 is 5.69 Å². The Hall–Kier alpha value is -1.13. The van der Waals surface area contributed by atoms with Crippen LogP contribution in [-0.4, -0.2) is 31.9 Å². The zero-order valence-corrected chi connectivity index (χ0v) is 11.7. The molecule has 1 aromatic rings. The molecule has 2 unspecified atom stereocenters. The summed E-state index contributed by atoms with van der Waals surface area (Å²) >= 11 is 0. The van der Waals surface area contributed by atoms with Crippen LogP contribution in [0.2, 0.25) is 0 Å². The molecule has 2 atom stereocenters. The highest BCUT2D eigenvalue weighted by atomic mass is 19.1. The van der Waals surface area contributed by atoms with Gasteiger partial charge in [-0.2, -0.15) is 0 Å². The molecule has 1 aromatic carbocycles. The first kappa shape index (κ1) is 14.9. The van der Waals surface area contributed by atoms with Gasteiger partial charge in [-0.25, -0.2) is 4.39 Å². The lowest BCUT2D eigenvalue weighted by atomic mass is 10.0. The normalized spacial score (nSPS) is 14.4. The van der Waals surface area contributed by atoms with Gasteiger partial charge in [-0.05, 0) is 38.5 Å². The van der Waals surface area contributed by atoms with Gasteiger partial charge >= 0.3 is 0 Å².